The number of rotatable bonds is 6. The number of nitrogens with one attached hydrogen (secondary N) is 2. The number of benzene rings is 1. The zero-order chi connectivity index (χ0) is 14.1. The van der Waals surface area contributed by atoms with E-state index in [1.807, 2.05) is 25.1 Å². The minimum absolute atomic E-state index is 0.116. The lowest BCUT2D eigenvalue weighted by atomic mass is 10.1. The first-order valence-electron chi connectivity index (χ1n) is 6.28. The fraction of sp³-hybridized carbons (Fsp3) is 0.429. The van der Waals surface area contributed by atoms with Gasteiger partial charge in [0.2, 0.25) is 5.91 Å². The molecule has 2 amide bonds. The van der Waals surface area contributed by atoms with Gasteiger partial charge in [0.25, 0.3) is 0 Å². The van der Waals surface area contributed by atoms with Crippen molar-refractivity contribution in [2.75, 3.05) is 19.7 Å². The third-order valence-electron chi connectivity index (χ3n) is 2.47. The number of hydrogen-bond acceptors (Lipinski definition) is 3. The van der Waals surface area contributed by atoms with Gasteiger partial charge in [-0.05, 0) is 12.5 Å². The topological polar surface area (TPSA) is 67.4 Å². The molecule has 5 heteroatoms. The van der Waals surface area contributed by atoms with Crippen molar-refractivity contribution >= 4 is 12.0 Å². The molecule has 2 N–H and O–H groups in total. The number of ether oxygens (including phenoxy) is 1. The number of alkyl carbamates (subject to hydrolysis) is 1. The molecule has 0 aliphatic carbocycles. The molecular weight excluding hydrogens is 244 g/mol. The number of hydrogen-bond donors (Lipinski definition) is 2. The molecule has 0 saturated carbocycles. The van der Waals surface area contributed by atoms with Crippen LogP contribution in [0.4, 0.5) is 4.79 Å². The van der Waals surface area contributed by atoms with Gasteiger partial charge in [-0.3, -0.25) is 4.79 Å². The molecule has 0 fully saturated rings. The van der Waals surface area contributed by atoms with Crippen molar-refractivity contribution in [3.05, 3.63) is 35.4 Å². The van der Waals surface area contributed by atoms with Gasteiger partial charge in [-0.15, -0.1) is 0 Å². The van der Waals surface area contributed by atoms with E-state index < -0.39 is 6.09 Å². The molecule has 0 aromatic heterocycles. The lowest BCUT2D eigenvalue weighted by Gasteiger charge is -2.07. The summed E-state index contributed by atoms with van der Waals surface area (Å²) in [4.78, 5) is 21.9. The molecule has 104 valence electrons. The number of aryl methyl sites for hydroxylation is 1. The molecule has 0 heterocycles. The standard InChI is InChI=1S/C14H20N2O3/c1-11-4-3-5-13(10-11)6-9-19-14(18)16-8-7-15-12(2)17/h3-5,10H,6-9H2,1-2H3,(H,15,17)(H,16,18). The van der Waals surface area contributed by atoms with Crippen LogP contribution in [0.1, 0.15) is 18.1 Å². The van der Waals surface area contributed by atoms with E-state index in [1.165, 1.54) is 12.5 Å². The Morgan fingerprint density at radius 2 is 1.95 bits per heavy atom. The fourth-order valence-electron chi connectivity index (χ4n) is 1.58. The normalized spacial score (nSPS) is 9.79. The lowest BCUT2D eigenvalue weighted by Crippen LogP contribution is -2.34. The van der Waals surface area contributed by atoms with Gasteiger partial charge in [0.1, 0.15) is 0 Å². The van der Waals surface area contributed by atoms with Gasteiger partial charge in [-0.25, -0.2) is 4.79 Å². The molecule has 0 aliphatic heterocycles. The third kappa shape index (κ3) is 7.08. The molecule has 0 spiro atoms. The molecule has 0 saturated heterocycles. The van der Waals surface area contributed by atoms with Crippen LogP contribution in [0.3, 0.4) is 0 Å². The quantitative estimate of drug-likeness (QED) is 0.763. The summed E-state index contributed by atoms with van der Waals surface area (Å²) < 4.78 is 5.03. The summed E-state index contributed by atoms with van der Waals surface area (Å²) in [5, 5.41) is 5.14. The monoisotopic (exact) mass is 264 g/mol. The Labute approximate surface area is 113 Å². The van der Waals surface area contributed by atoms with Crippen molar-refractivity contribution in [2.24, 2.45) is 0 Å². The maximum Gasteiger partial charge on any atom is 0.407 e. The van der Waals surface area contributed by atoms with Crippen molar-refractivity contribution in [2.45, 2.75) is 20.3 Å². The first kappa shape index (κ1) is 15.0. The summed E-state index contributed by atoms with van der Waals surface area (Å²) in [5.74, 6) is -0.116. The zero-order valence-electron chi connectivity index (χ0n) is 11.4. The highest BCUT2D eigenvalue weighted by Crippen LogP contribution is 2.04. The van der Waals surface area contributed by atoms with E-state index in [-0.39, 0.29) is 5.91 Å². The van der Waals surface area contributed by atoms with E-state index in [9.17, 15) is 9.59 Å². The molecule has 0 atom stereocenters. The highest BCUT2D eigenvalue weighted by atomic mass is 16.5. The molecule has 19 heavy (non-hydrogen) atoms. The average Bonchev–Trinajstić information content (AvgIpc) is 2.34. The van der Waals surface area contributed by atoms with Crippen LogP contribution < -0.4 is 10.6 Å². The minimum Gasteiger partial charge on any atom is -0.449 e. The molecule has 5 nitrogen and oxygen atoms in total. The maximum atomic E-state index is 11.3. The number of carbonyl (C=O) groups excluding carboxylic acids is 2. The predicted octanol–water partition coefficient (Wildman–Crippen LogP) is 1.40. The van der Waals surface area contributed by atoms with Gasteiger partial charge in [0.05, 0.1) is 6.61 Å². The van der Waals surface area contributed by atoms with Crippen LogP contribution in [-0.2, 0) is 16.0 Å². The van der Waals surface area contributed by atoms with Gasteiger partial charge in [0, 0.05) is 26.4 Å². The van der Waals surface area contributed by atoms with Crippen molar-refractivity contribution in [3.63, 3.8) is 0 Å². The van der Waals surface area contributed by atoms with Gasteiger partial charge >= 0.3 is 6.09 Å². The predicted molar refractivity (Wildman–Crippen MR) is 72.9 cm³/mol. The summed E-state index contributed by atoms with van der Waals surface area (Å²) in [7, 11) is 0. The maximum absolute atomic E-state index is 11.3. The van der Waals surface area contributed by atoms with Gasteiger partial charge in [-0.1, -0.05) is 29.8 Å². The molecule has 1 aromatic carbocycles. The van der Waals surface area contributed by atoms with Gasteiger partial charge in [0.15, 0.2) is 0 Å². The average molecular weight is 264 g/mol. The Morgan fingerprint density at radius 3 is 2.63 bits per heavy atom. The van der Waals surface area contributed by atoms with Gasteiger partial charge < -0.3 is 15.4 Å². The van der Waals surface area contributed by atoms with E-state index in [0.717, 1.165) is 5.56 Å². The summed E-state index contributed by atoms with van der Waals surface area (Å²) >= 11 is 0. The highest BCUT2D eigenvalue weighted by molar-refractivity contribution is 5.73. The first-order chi connectivity index (χ1) is 9.08. The first-order valence-corrected chi connectivity index (χ1v) is 6.28. The van der Waals surface area contributed by atoms with Crippen molar-refractivity contribution in [1.29, 1.82) is 0 Å². The van der Waals surface area contributed by atoms with Crippen molar-refractivity contribution in [1.82, 2.24) is 10.6 Å². The van der Waals surface area contributed by atoms with Crippen LogP contribution in [-0.4, -0.2) is 31.7 Å². The minimum atomic E-state index is -0.460. The second-order valence-corrected chi connectivity index (χ2v) is 4.28. The summed E-state index contributed by atoms with van der Waals surface area (Å²) in [6, 6.07) is 8.08. The Kier molecular flexibility index (Phi) is 6.43. The van der Waals surface area contributed by atoms with Gasteiger partial charge in [-0.2, -0.15) is 0 Å². The number of amides is 2. The highest BCUT2D eigenvalue weighted by Gasteiger charge is 2.01. The molecule has 1 rings (SSSR count). The summed E-state index contributed by atoms with van der Waals surface area (Å²) in [6.45, 7) is 4.57. The Bertz CT molecular complexity index is 432. The van der Waals surface area contributed by atoms with Crippen LogP contribution in [0.15, 0.2) is 24.3 Å². The SMILES string of the molecule is CC(=O)NCCNC(=O)OCCc1cccc(C)c1. The van der Waals surface area contributed by atoms with E-state index in [2.05, 4.69) is 16.7 Å². The molecule has 0 radical (unpaired) electrons. The van der Waals surface area contributed by atoms with Crippen molar-refractivity contribution in [3.8, 4) is 0 Å². The fourth-order valence-corrected chi connectivity index (χ4v) is 1.58. The smallest absolute Gasteiger partial charge is 0.407 e. The molecule has 0 unspecified atom stereocenters. The summed E-state index contributed by atoms with van der Waals surface area (Å²) in [6.07, 6.45) is 0.235. The van der Waals surface area contributed by atoms with Crippen LogP contribution in [0.25, 0.3) is 0 Å². The second kappa shape index (κ2) is 8.13. The summed E-state index contributed by atoms with van der Waals surface area (Å²) in [5.41, 5.74) is 2.34. The Hall–Kier alpha value is -2.04. The van der Waals surface area contributed by atoms with Crippen LogP contribution in [0.5, 0.6) is 0 Å². The van der Waals surface area contributed by atoms with Crippen LogP contribution in [0, 0.1) is 6.92 Å². The van der Waals surface area contributed by atoms with Crippen LogP contribution >= 0.6 is 0 Å². The van der Waals surface area contributed by atoms with E-state index in [4.69, 9.17) is 4.74 Å². The third-order valence-corrected chi connectivity index (χ3v) is 2.47. The van der Waals surface area contributed by atoms with E-state index in [0.29, 0.717) is 26.1 Å². The lowest BCUT2D eigenvalue weighted by molar-refractivity contribution is -0.118. The number of carbonyl (C=O) groups is 2. The molecule has 1 aromatic rings. The Balaban J connectivity index is 2.12. The zero-order valence-corrected chi connectivity index (χ0v) is 11.4. The second-order valence-electron chi connectivity index (χ2n) is 4.28. The van der Waals surface area contributed by atoms with E-state index in [1.54, 1.807) is 0 Å². The Morgan fingerprint density at radius 1 is 1.21 bits per heavy atom. The van der Waals surface area contributed by atoms with E-state index >= 15 is 0 Å². The van der Waals surface area contributed by atoms with Crippen molar-refractivity contribution < 1.29 is 14.3 Å². The molecular formula is C14H20N2O3. The molecule has 0 aliphatic rings. The van der Waals surface area contributed by atoms with Crippen LogP contribution in [0.2, 0.25) is 0 Å². The molecule has 0 bridgehead atoms. The largest absolute Gasteiger partial charge is 0.449 e.